The highest BCUT2D eigenvalue weighted by Crippen LogP contribution is 2.27. The first-order chi connectivity index (χ1) is 5.91. The van der Waals surface area contributed by atoms with Gasteiger partial charge in [-0.15, -0.1) is 0 Å². The van der Waals surface area contributed by atoms with Crippen LogP contribution < -0.4 is 5.73 Å². The van der Waals surface area contributed by atoms with Crippen LogP contribution in [0.15, 0.2) is 24.3 Å². The van der Waals surface area contributed by atoms with Crippen LogP contribution in [-0.4, -0.2) is 5.54 Å². The normalized spacial score (nSPS) is 14.2. The average Bonchev–Trinajstić information content (AvgIpc) is 2.03. The Labute approximate surface area is 78.8 Å². The van der Waals surface area contributed by atoms with Crippen molar-refractivity contribution in [2.45, 2.75) is 32.5 Å². The zero-order chi connectivity index (χ0) is 10.1. The molecule has 0 saturated heterocycles. The van der Waals surface area contributed by atoms with E-state index in [1.165, 1.54) is 0 Å². The molecule has 0 heterocycles. The number of nitrogens with two attached hydrogens (primary N) is 1. The fourth-order valence-corrected chi connectivity index (χ4v) is 1.16. The van der Waals surface area contributed by atoms with E-state index in [2.05, 4.69) is 0 Å². The van der Waals surface area contributed by atoms with Crippen molar-refractivity contribution in [1.29, 1.82) is 0 Å². The highest BCUT2D eigenvalue weighted by atomic mass is 19.1. The third-order valence-electron chi connectivity index (χ3n) is 2.02. The smallest absolute Gasteiger partial charge is 0.142 e. The van der Waals surface area contributed by atoms with Crippen LogP contribution in [0.4, 0.5) is 4.39 Å². The molecule has 1 rings (SSSR count). The molecule has 0 aliphatic heterocycles. The SMILES string of the molecule is Cc1ccc(C(F)C(C)(C)N)cc1. The molecule has 1 unspecified atom stereocenters. The lowest BCUT2D eigenvalue weighted by Gasteiger charge is -2.23. The summed E-state index contributed by atoms with van der Waals surface area (Å²) in [5.74, 6) is 0. The summed E-state index contributed by atoms with van der Waals surface area (Å²) in [6, 6.07) is 7.37. The molecule has 13 heavy (non-hydrogen) atoms. The second-order valence-corrected chi connectivity index (χ2v) is 4.09. The van der Waals surface area contributed by atoms with E-state index < -0.39 is 11.7 Å². The molecule has 0 spiro atoms. The molecule has 1 atom stereocenters. The molecule has 0 saturated carbocycles. The van der Waals surface area contributed by atoms with Crippen LogP contribution in [-0.2, 0) is 0 Å². The predicted octanol–water partition coefficient (Wildman–Crippen LogP) is 2.74. The number of hydrogen-bond donors (Lipinski definition) is 1. The Morgan fingerprint density at radius 3 is 2.08 bits per heavy atom. The third-order valence-corrected chi connectivity index (χ3v) is 2.02. The standard InChI is InChI=1S/C11H16FN/c1-8-4-6-9(7-5-8)10(12)11(2,3)13/h4-7,10H,13H2,1-3H3. The van der Waals surface area contributed by atoms with Crippen molar-refractivity contribution in [3.63, 3.8) is 0 Å². The zero-order valence-corrected chi connectivity index (χ0v) is 8.34. The number of alkyl halides is 1. The largest absolute Gasteiger partial charge is 0.323 e. The minimum Gasteiger partial charge on any atom is -0.323 e. The van der Waals surface area contributed by atoms with Gasteiger partial charge < -0.3 is 5.73 Å². The van der Waals surface area contributed by atoms with Crippen molar-refractivity contribution in [3.8, 4) is 0 Å². The second-order valence-electron chi connectivity index (χ2n) is 4.09. The fraction of sp³-hybridized carbons (Fsp3) is 0.455. The Bertz CT molecular complexity index is 271. The monoisotopic (exact) mass is 181 g/mol. The maximum Gasteiger partial charge on any atom is 0.142 e. The van der Waals surface area contributed by atoms with Gasteiger partial charge in [0.15, 0.2) is 0 Å². The number of aryl methyl sites for hydroxylation is 1. The first-order valence-electron chi connectivity index (χ1n) is 4.41. The lowest BCUT2D eigenvalue weighted by atomic mass is 9.93. The van der Waals surface area contributed by atoms with Crippen molar-refractivity contribution in [2.75, 3.05) is 0 Å². The van der Waals surface area contributed by atoms with Crippen LogP contribution in [0.2, 0.25) is 0 Å². The molecule has 1 aromatic rings. The Kier molecular flexibility index (Phi) is 2.71. The van der Waals surface area contributed by atoms with Crippen molar-refractivity contribution in [1.82, 2.24) is 0 Å². The van der Waals surface area contributed by atoms with Gasteiger partial charge in [-0.25, -0.2) is 4.39 Å². The molecular formula is C11H16FN. The summed E-state index contributed by atoms with van der Waals surface area (Å²) in [6.07, 6.45) is -1.10. The quantitative estimate of drug-likeness (QED) is 0.746. The van der Waals surface area contributed by atoms with E-state index in [1.54, 1.807) is 26.0 Å². The number of halogens is 1. The number of hydrogen-bond acceptors (Lipinski definition) is 1. The molecule has 0 radical (unpaired) electrons. The summed E-state index contributed by atoms with van der Waals surface area (Å²) < 4.78 is 13.6. The minimum absolute atomic E-state index is 0.651. The maximum atomic E-state index is 13.6. The van der Waals surface area contributed by atoms with E-state index in [4.69, 9.17) is 5.73 Å². The molecule has 72 valence electrons. The highest BCUT2D eigenvalue weighted by Gasteiger charge is 2.25. The van der Waals surface area contributed by atoms with E-state index in [0.29, 0.717) is 5.56 Å². The van der Waals surface area contributed by atoms with Crippen molar-refractivity contribution in [2.24, 2.45) is 5.73 Å². The van der Waals surface area contributed by atoms with Crippen LogP contribution in [0.5, 0.6) is 0 Å². The van der Waals surface area contributed by atoms with Crippen LogP contribution in [0.3, 0.4) is 0 Å². The molecule has 0 aromatic heterocycles. The molecule has 1 nitrogen and oxygen atoms in total. The molecule has 2 N–H and O–H groups in total. The first kappa shape index (κ1) is 10.2. The Morgan fingerprint density at radius 1 is 1.23 bits per heavy atom. The van der Waals surface area contributed by atoms with Gasteiger partial charge in [0, 0.05) is 5.54 Å². The topological polar surface area (TPSA) is 26.0 Å². The van der Waals surface area contributed by atoms with Crippen LogP contribution >= 0.6 is 0 Å². The number of rotatable bonds is 2. The van der Waals surface area contributed by atoms with E-state index in [-0.39, 0.29) is 0 Å². The Balaban J connectivity index is 2.90. The van der Waals surface area contributed by atoms with E-state index in [0.717, 1.165) is 5.56 Å². The van der Waals surface area contributed by atoms with Gasteiger partial charge in [0.05, 0.1) is 0 Å². The first-order valence-corrected chi connectivity index (χ1v) is 4.41. The molecule has 0 aliphatic rings. The molecule has 0 aliphatic carbocycles. The van der Waals surface area contributed by atoms with Crippen molar-refractivity contribution < 1.29 is 4.39 Å². The predicted molar refractivity (Wildman–Crippen MR) is 53.3 cm³/mol. The van der Waals surface area contributed by atoms with Gasteiger partial charge in [-0.3, -0.25) is 0 Å². The molecule has 0 bridgehead atoms. The summed E-state index contributed by atoms with van der Waals surface area (Å²) in [6.45, 7) is 5.36. The minimum atomic E-state index is -1.10. The maximum absolute atomic E-state index is 13.6. The molecule has 0 fully saturated rings. The summed E-state index contributed by atoms with van der Waals surface area (Å²) in [5.41, 5.74) is 6.65. The fourth-order valence-electron chi connectivity index (χ4n) is 1.16. The second kappa shape index (κ2) is 3.46. The van der Waals surface area contributed by atoms with Crippen LogP contribution in [0.1, 0.15) is 31.1 Å². The van der Waals surface area contributed by atoms with Crippen molar-refractivity contribution >= 4 is 0 Å². The van der Waals surface area contributed by atoms with Crippen LogP contribution in [0.25, 0.3) is 0 Å². The summed E-state index contributed by atoms with van der Waals surface area (Å²) >= 11 is 0. The average molecular weight is 181 g/mol. The molecular weight excluding hydrogens is 165 g/mol. The van der Waals surface area contributed by atoms with Gasteiger partial charge >= 0.3 is 0 Å². The lowest BCUT2D eigenvalue weighted by Crippen LogP contribution is -2.37. The summed E-state index contributed by atoms with van der Waals surface area (Å²) in [7, 11) is 0. The highest BCUT2D eigenvalue weighted by molar-refractivity contribution is 5.25. The van der Waals surface area contributed by atoms with E-state index in [9.17, 15) is 4.39 Å². The van der Waals surface area contributed by atoms with Gasteiger partial charge in [-0.05, 0) is 26.3 Å². The summed E-state index contributed by atoms with van der Waals surface area (Å²) in [4.78, 5) is 0. The van der Waals surface area contributed by atoms with Gasteiger partial charge in [0.25, 0.3) is 0 Å². The third kappa shape index (κ3) is 2.52. The van der Waals surface area contributed by atoms with Gasteiger partial charge in [0.2, 0.25) is 0 Å². The van der Waals surface area contributed by atoms with E-state index >= 15 is 0 Å². The van der Waals surface area contributed by atoms with Crippen LogP contribution in [0, 0.1) is 6.92 Å². The zero-order valence-electron chi connectivity index (χ0n) is 8.34. The molecule has 0 amide bonds. The summed E-state index contributed by atoms with van der Waals surface area (Å²) in [5, 5.41) is 0. The van der Waals surface area contributed by atoms with Gasteiger partial charge in [0.1, 0.15) is 6.17 Å². The van der Waals surface area contributed by atoms with Gasteiger partial charge in [-0.1, -0.05) is 29.8 Å². The van der Waals surface area contributed by atoms with Gasteiger partial charge in [-0.2, -0.15) is 0 Å². The number of benzene rings is 1. The Hall–Kier alpha value is -0.890. The Morgan fingerprint density at radius 2 is 1.69 bits per heavy atom. The molecule has 2 heteroatoms. The molecule has 1 aromatic carbocycles. The van der Waals surface area contributed by atoms with E-state index in [1.807, 2.05) is 19.1 Å². The van der Waals surface area contributed by atoms with Crippen molar-refractivity contribution in [3.05, 3.63) is 35.4 Å². The lowest BCUT2D eigenvalue weighted by molar-refractivity contribution is 0.223.